The molecule has 2 aromatic carbocycles. The Morgan fingerprint density at radius 2 is 1.97 bits per heavy atom. The molecule has 1 atom stereocenters. The Kier molecular flexibility index (Phi) is 8.26. The highest BCUT2D eigenvalue weighted by molar-refractivity contribution is 5.79. The van der Waals surface area contributed by atoms with Crippen LogP contribution in [-0.2, 0) is 4.79 Å². The maximum absolute atomic E-state index is 14.0. The summed E-state index contributed by atoms with van der Waals surface area (Å²) >= 11 is 0. The summed E-state index contributed by atoms with van der Waals surface area (Å²) in [6.45, 7) is 1.65. The summed E-state index contributed by atoms with van der Waals surface area (Å²) in [5.74, 6) is -0.821. The topological polar surface area (TPSA) is 72.5 Å². The minimum absolute atomic E-state index is 0.0457. The fraction of sp³-hybridized carbons (Fsp3) is 0.333. The summed E-state index contributed by atoms with van der Waals surface area (Å²) < 4.78 is 38.5. The molecule has 0 saturated carbocycles. The van der Waals surface area contributed by atoms with E-state index in [9.17, 15) is 13.6 Å². The number of amides is 1. The van der Waals surface area contributed by atoms with E-state index in [1.54, 1.807) is 13.3 Å². The second-order valence-electron chi connectivity index (χ2n) is 8.47. The zero-order chi connectivity index (χ0) is 24.6. The van der Waals surface area contributed by atoms with Gasteiger partial charge in [-0.25, -0.2) is 8.78 Å². The van der Waals surface area contributed by atoms with Crippen LogP contribution in [0.4, 0.5) is 8.78 Å². The van der Waals surface area contributed by atoms with Crippen molar-refractivity contribution in [3.8, 4) is 22.6 Å². The predicted octanol–water partition coefficient (Wildman–Crippen LogP) is 4.66. The number of rotatable bonds is 9. The van der Waals surface area contributed by atoms with Gasteiger partial charge in [-0.05, 0) is 61.8 Å². The molecular weight excluding hydrogens is 452 g/mol. The van der Waals surface area contributed by atoms with Gasteiger partial charge < -0.3 is 20.1 Å². The average molecular weight is 482 g/mol. The molecule has 8 heteroatoms. The van der Waals surface area contributed by atoms with E-state index < -0.39 is 17.7 Å². The number of carbonyl (C=O) groups excluding carboxylic acids is 1. The second-order valence-corrected chi connectivity index (χ2v) is 8.47. The van der Waals surface area contributed by atoms with E-state index in [0.717, 1.165) is 55.3 Å². The number of ether oxygens (including phenoxy) is 2. The van der Waals surface area contributed by atoms with Gasteiger partial charge in [0.2, 0.25) is 5.91 Å². The third-order valence-corrected chi connectivity index (χ3v) is 6.13. The highest BCUT2D eigenvalue weighted by atomic mass is 19.1. The second kappa shape index (κ2) is 11.8. The van der Waals surface area contributed by atoms with Crippen molar-refractivity contribution in [2.75, 3.05) is 26.8 Å². The molecule has 1 aromatic heterocycles. The van der Waals surface area contributed by atoms with Crippen LogP contribution in [0.25, 0.3) is 11.1 Å². The van der Waals surface area contributed by atoms with E-state index in [0.29, 0.717) is 17.9 Å². The maximum Gasteiger partial charge on any atom is 0.223 e. The van der Waals surface area contributed by atoms with E-state index in [-0.39, 0.29) is 24.2 Å². The molecular formula is C27H29F2N3O3. The molecule has 35 heavy (non-hydrogen) atoms. The lowest BCUT2D eigenvalue weighted by Gasteiger charge is -2.26. The molecule has 6 nitrogen and oxygen atoms in total. The number of nitrogens with one attached hydrogen (secondary N) is 2. The molecule has 0 aliphatic carbocycles. The number of carbonyl (C=O) groups is 1. The van der Waals surface area contributed by atoms with Crippen molar-refractivity contribution < 1.29 is 23.0 Å². The Morgan fingerprint density at radius 1 is 1.14 bits per heavy atom. The fourth-order valence-electron chi connectivity index (χ4n) is 4.26. The minimum atomic E-state index is -0.642. The number of nitrogens with zero attached hydrogens (tertiary/aromatic N) is 1. The van der Waals surface area contributed by atoms with E-state index in [1.807, 2.05) is 36.4 Å². The molecule has 2 N–H and O–H groups in total. The summed E-state index contributed by atoms with van der Waals surface area (Å²) in [5, 5.41) is 6.41. The standard InChI is InChI=1S/C27H29F2N3O3/c1-34-21-5-2-4-19(16-21)22-6-3-12-31-26(22)24(32-27(33)18-9-13-30-14-10-18)11-15-35-25-17-20(28)7-8-23(25)29/h2-8,12,16-18,24,30H,9-11,13-15H2,1H3,(H,32,33). The molecule has 1 unspecified atom stereocenters. The first-order valence-corrected chi connectivity index (χ1v) is 11.7. The molecule has 2 heterocycles. The van der Waals surface area contributed by atoms with Gasteiger partial charge in [0.25, 0.3) is 0 Å². The number of aromatic nitrogens is 1. The number of benzene rings is 2. The first kappa shape index (κ1) is 24.6. The Labute approximate surface area is 203 Å². The van der Waals surface area contributed by atoms with Gasteiger partial charge >= 0.3 is 0 Å². The van der Waals surface area contributed by atoms with Gasteiger partial charge in [-0.1, -0.05) is 18.2 Å². The van der Waals surface area contributed by atoms with Crippen LogP contribution in [-0.4, -0.2) is 37.7 Å². The van der Waals surface area contributed by atoms with Crippen LogP contribution in [0.3, 0.4) is 0 Å². The first-order chi connectivity index (χ1) is 17.0. The maximum atomic E-state index is 14.0. The molecule has 1 fully saturated rings. The minimum Gasteiger partial charge on any atom is -0.497 e. The SMILES string of the molecule is COc1cccc(-c2cccnc2C(CCOc2cc(F)ccc2F)NC(=O)C2CCNCC2)c1. The van der Waals surface area contributed by atoms with Crippen LogP contribution in [0.1, 0.15) is 31.0 Å². The summed E-state index contributed by atoms with van der Waals surface area (Å²) in [7, 11) is 1.61. The summed E-state index contributed by atoms with van der Waals surface area (Å²) in [5.41, 5.74) is 2.41. The van der Waals surface area contributed by atoms with E-state index >= 15 is 0 Å². The van der Waals surface area contributed by atoms with Gasteiger partial charge in [-0.3, -0.25) is 9.78 Å². The van der Waals surface area contributed by atoms with Crippen molar-refractivity contribution >= 4 is 5.91 Å². The summed E-state index contributed by atoms with van der Waals surface area (Å²) in [6, 6.07) is 14.0. The Hall–Kier alpha value is -3.52. The van der Waals surface area contributed by atoms with Crippen molar-refractivity contribution in [1.29, 1.82) is 0 Å². The molecule has 1 aliphatic rings. The zero-order valence-corrected chi connectivity index (χ0v) is 19.6. The Balaban J connectivity index is 1.59. The van der Waals surface area contributed by atoms with Crippen molar-refractivity contribution in [1.82, 2.24) is 15.6 Å². The summed E-state index contributed by atoms with van der Waals surface area (Å²) in [6.07, 6.45) is 3.51. The van der Waals surface area contributed by atoms with Crippen molar-refractivity contribution in [2.24, 2.45) is 5.92 Å². The van der Waals surface area contributed by atoms with Gasteiger partial charge in [0.15, 0.2) is 11.6 Å². The highest BCUT2D eigenvalue weighted by Gasteiger charge is 2.26. The number of methoxy groups -OCH3 is 1. The van der Waals surface area contributed by atoms with Crippen molar-refractivity contribution in [2.45, 2.75) is 25.3 Å². The van der Waals surface area contributed by atoms with Crippen LogP contribution in [0.5, 0.6) is 11.5 Å². The first-order valence-electron chi connectivity index (χ1n) is 11.7. The van der Waals surface area contributed by atoms with E-state index in [2.05, 4.69) is 15.6 Å². The number of hydrogen-bond donors (Lipinski definition) is 2. The molecule has 0 spiro atoms. The lowest BCUT2D eigenvalue weighted by Crippen LogP contribution is -2.40. The van der Waals surface area contributed by atoms with Gasteiger partial charge in [0.1, 0.15) is 11.6 Å². The monoisotopic (exact) mass is 481 g/mol. The third-order valence-electron chi connectivity index (χ3n) is 6.13. The van der Waals surface area contributed by atoms with Crippen LogP contribution < -0.4 is 20.1 Å². The van der Waals surface area contributed by atoms with Crippen LogP contribution >= 0.6 is 0 Å². The Morgan fingerprint density at radius 3 is 2.77 bits per heavy atom. The van der Waals surface area contributed by atoms with Crippen molar-refractivity contribution in [3.63, 3.8) is 0 Å². The molecule has 0 radical (unpaired) electrons. The molecule has 4 rings (SSSR count). The fourth-order valence-corrected chi connectivity index (χ4v) is 4.26. The number of pyridine rings is 1. The smallest absolute Gasteiger partial charge is 0.223 e. The predicted molar refractivity (Wildman–Crippen MR) is 129 cm³/mol. The van der Waals surface area contributed by atoms with Gasteiger partial charge in [-0.15, -0.1) is 0 Å². The highest BCUT2D eigenvalue weighted by Crippen LogP contribution is 2.31. The lowest BCUT2D eigenvalue weighted by atomic mass is 9.94. The molecule has 1 amide bonds. The molecule has 1 saturated heterocycles. The average Bonchev–Trinajstić information content (AvgIpc) is 2.90. The van der Waals surface area contributed by atoms with E-state index in [1.165, 1.54) is 0 Å². The molecule has 184 valence electrons. The van der Waals surface area contributed by atoms with Crippen molar-refractivity contribution in [3.05, 3.63) is 78.1 Å². The quantitative estimate of drug-likeness (QED) is 0.465. The van der Waals surface area contributed by atoms with Crippen LogP contribution in [0.15, 0.2) is 60.8 Å². The van der Waals surface area contributed by atoms with Gasteiger partial charge in [-0.2, -0.15) is 0 Å². The molecule has 1 aliphatic heterocycles. The molecule has 3 aromatic rings. The van der Waals surface area contributed by atoms with E-state index in [4.69, 9.17) is 9.47 Å². The largest absolute Gasteiger partial charge is 0.497 e. The van der Waals surface area contributed by atoms with Gasteiger partial charge in [0.05, 0.1) is 25.5 Å². The number of piperidine rings is 1. The van der Waals surface area contributed by atoms with Crippen LogP contribution in [0.2, 0.25) is 0 Å². The zero-order valence-electron chi connectivity index (χ0n) is 19.6. The molecule has 0 bridgehead atoms. The normalized spacial score (nSPS) is 14.8. The number of hydrogen-bond acceptors (Lipinski definition) is 5. The summed E-state index contributed by atoms with van der Waals surface area (Å²) in [4.78, 5) is 17.7. The lowest BCUT2D eigenvalue weighted by molar-refractivity contribution is -0.126. The van der Waals surface area contributed by atoms with Gasteiger partial charge in [0, 0.05) is 30.2 Å². The Bertz CT molecular complexity index is 1150. The van der Waals surface area contributed by atoms with Crippen LogP contribution in [0, 0.1) is 17.6 Å². The number of halogens is 2. The third kappa shape index (κ3) is 6.33.